The minimum atomic E-state index is 0.548. The highest BCUT2D eigenvalue weighted by Crippen LogP contribution is 2.17. The van der Waals surface area contributed by atoms with Crippen molar-refractivity contribution in [3.8, 4) is 0 Å². The number of hydrogen-bond acceptors (Lipinski definition) is 2. The van der Waals surface area contributed by atoms with Crippen LogP contribution in [0.1, 0.15) is 11.1 Å². The molecule has 0 spiro atoms. The molecule has 0 aliphatic carbocycles. The van der Waals surface area contributed by atoms with Gasteiger partial charge < -0.3 is 11.5 Å². The first-order valence-electron chi connectivity index (χ1n) is 13.6. The lowest BCUT2D eigenvalue weighted by Crippen LogP contribution is -2.81. The Labute approximate surface area is 222 Å². The van der Waals surface area contributed by atoms with Gasteiger partial charge in [-0.3, -0.25) is 0 Å². The van der Waals surface area contributed by atoms with Crippen molar-refractivity contribution in [2.24, 2.45) is 0 Å². The summed E-state index contributed by atoms with van der Waals surface area (Å²) in [7, 11) is 24.3. The highest BCUT2D eigenvalue weighted by molar-refractivity contribution is 8.15. The number of hydrogen-bond donors (Lipinski definition) is 2. The Balaban J connectivity index is 2.53. The molecule has 0 radical (unpaired) electrons. The zero-order valence-electron chi connectivity index (χ0n) is 23.6. The third-order valence-corrected chi connectivity index (χ3v) is 7.93. The van der Waals surface area contributed by atoms with Gasteiger partial charge in [-0.25, -0.2) is 0 Å². The summed E-state index contributed by atoms with van der Waals surface area (Å²) in [6.45, 7) is 0.548. The largest absolute Gasteiger partial charge is 0.399 e. The van der Waals surface area contributed by atoms with E-state index in [1.54, 1.807) is 0 Å². The average molecular weight is 423 g/mol. The van der Waals surface area contributed by atoms with Crippen LogP contribution < -0.4 is 16.9 Å². The second-order valence-corrected chi connectivity index (χ2v) is 12.4. The van der Waals surface area contributed by atoms with Crippen LogP contribution >= 0.6 is 0 Å². The number of rotatable bonds is 11. The quantitative estimate of drug-likeness (QED) is 0.279. The molecule has 0 unspecified atom stereocenters. The Kier molecular flexibility index (Phi) is 11.3. The van der Waals surface area contributed by atoms with E-state index in [1.807, 2.05) is 18.2 Å². The third-order valence-electron chi connectivity index (χ3n) is 7.93. The monoisotopic (exact) mass is 426 g/mol. The summed E-state index contributed by atoms with van der Waals surface area (Å²) < 4.78 is 0. The normalized spacial score (nSPS) is 10.1. The summed E-state index contributed by atoms with van der Waals surface area (Å²) in [5.74, 6) is 0. The van der Waals surface area contributed by atoms with E-state index < -0.39 is 0 Å². The SMILES string of the molecule is BB(B)B(B(B)B)B(B(B)B)B(B(B(B)B)B(B)B)c1ccc(Cc2cc(N)cc(N)c2)cc1. The Bertz CT molecular complexity index is 871. The fourth-order valence-electron chi connectivity index (χ4n) is 7.00. The fraction of sp³-hybridized carbons (Fsp3) is 0.0769. The standard InChI is InChI=1S/C13H33B19N2/c14-25(15)30(26(16)17)24(31(27(18)19)32(28(20)21)29(22)23)11-3-1-9(2-4-11)5-10-6-12(33)8-13(34)7-10/h1-4,6-8H,5,14-23,33-34H2. The van der Waals surface area contributed by atoms with Gasteiger partial charge in [0.1, 0.15) is 0 Å². The number of nitrogens with two attached hydrogens (primary N) is 2. The van der Waals surface area contributed by atoms with Crippen molar-refractivity contribution in [3.63, 3.8) is 0 Å². The van der Waals surface area contributed by atoms with Crippen molar-refractivity contribution in [1.82, 2.24) is 0 Å². The molecule has 4 N–H and O–H groups in total. The molecule has 2 aromatic rings. The molecule has 0 aliphatic heterocycles. The van der Waals surface area contributed by atoms with Crippen LogP contribution in [0.3, 0.4) is 0 Å². The van der Waals surface area contributed by atoms with Gasteiger partial charge in [0.15, 0.2) is 0 Å². The summed E-state index contributed by atoms with van der Waals surface area (Å²) >= 11 is 0. The highest BCUT2D eigenvalue weighted by atomic mass is 14.6. The maximum Gasteiger partial charge on any atom is 0.0806 e. The molecule has 0 heterocycles. The fourth-order valence-corrected chi connectivity index (χ4v) is 7.00. The average Bonchev–Trinajstić information content (AvgIpc) is 2.68. The zero-order valence-corrected chi connectivity index (χ0v) is 23.6. The molecule has 0 atom stereocenters. The second kappa shape index (κ2) is 13.0. The van der Waals surface area contributed by atoms with Crippen LogP contribution in [-0.2, 0) is 6.42 Å². The Morgan fingerprint density at radius 3 is 1.29 bits per heavy atom. The first-order valence-corrected chi connectivity index (χ1v) is 13.6. The molecule has 2 nitrogen and oxygen atoms in total. The number of anilines is 2. The van der Waals surface area contributed by atoms with Crippen LogP contribution in [0.25, 0.3) is 0 Å². The highest BCUT2D eigenvalue weighted by Gasteiger charge is 2.47. The third kappa shape index (κ3) is 7.63. The maximum absolute atomic E-state index is 6.03. The van der Waals surface area contributed by atoms with Crippen molar-refractivity contribution in [1.29, 1.82) is 0 Å². The molecule has 152 valence electrons. The number of benzene rings is 2. The van der Waals surface area contributed by atoms with Crippen molar-refractivity contribution in [3.05, 3.63) is 53.6 Å². The smallest absolute Gasteiger partial charge is 0.0806 e. The molecule has 0 amide bonds. The van der Waals surface area contributed by atoms with Gasteiger partial charge in [0.25, 0.3) is 0 Å². The van der Waals surface area contributed by atoms with Gasteiger partial charge in [-0.1, -0.05) is 29.7 Å². The van der Waals surface area contributed by atoms with Crippen LogP contribution in [0, 0.1) is 0 Å². The lowest BCUT2D eigenvalue weighted by atomic mass is 8.42. The van der Waals surface area contributed by atoms with Gasteiger partial charge in [-0.15, -0.1) is 0 Å². The van der Waals surface area contributed by atoms with Crippen LogP contribution in [0.4, 0.5) is 11.4 Å². The first kappa shape index (κ1) is 29.5. The molecule has 0 saturated carbocycles. The van der Waals surface area contributed by atoms with Crippen LogP contribution in [0.2, 0.25) is 0 Å². The van der Waals surface area contributed by atoms with Crippen molar-refractivity contribution >= 4 is 152 Å². The number of nitrogen functional groups attached to an aromatic ring is 2. The minimum Gasteiger partial charge on any atom is -0.399 e. The Hall–Kier alpha value is -0.726. The molecular weight excluding hydrogens is 390 g/mol. The van der Waals surface area contributed by atoms with Crippen LogP contribution in [0.15, 0.2) is 42.5 Å². The molecule has 34 heavy (non-hydrogen) atoms. The summed E-state index contributed by atoms with van der Waals surface area (Å²) in [6.07, 6.45) is 6.09. The second-order valence-electron chi connectivity index (χ2n) is 12.4. The molecule has 0 fully saturated rings. The predicted molar refractivity (Wildman–Crippen MR) is 201 cm³/mol. The van der Waals surface area contributed by atoms with E-state index in [9.17, 15) is 0 Å². The Morgan fingerprint density at radius 1 is 0.500 bits per heavy atom. The van der Waals surface area contributed by atoms with E-state index >= 15 is 0 Å². The molecule has 0 bridgehead atoms. The van der Waals surface area contributed by atoms with E-state index in [0.717, 1.165) is 17.8 Å². The van der Waals surface area contributed by atoms with Gasteiger partial charge >= 0.3 is 0 Å². The van der Waals surface area contributed by atoms with E-state index in [4.69, 9.17) is 11.5 Å². The van der Waals surface area contributed by atoms with Crippen molar-refractivity contribution < 1.29 is 0 Å². The summed E-state index contributed by atoms with van der Waals surface area (Å²) in [5.41, 5.74) is 17.5. The summed E-state index contributed by atoms with van der Waals surface area (Å²) in [5, 5.41) is 0. The van der Waals surface area contributed by atoms with E-state index in [0.29, 0.717) is 57.6 Å². The van der Waals surface area contributed by atoms with Gasteiger partial charge in [0.05, 0.1) is 83.9 Å². The lowest BCUT2D eigenvalue weighted by molar-refractivity contribution is 1.20. The molecule has 0 saturated heterocycles. The van der Waals surface area contributed by atoms with Gasteiger partial charge in [-0.05, 0) is 35.7 Å². The van der Waals surface area contributed by atoms with E-state index in [2.05, 4.69) is 102 Å². The molecule has 2 rings (SSSR count). The molecular formula is C13H33B19N2. The van der Waals surface area contributed by atoms with Crippen molar-refractivity contribution in [2.75, 3.05) is 11.5 Å². The van der Waals surface area contributed by atoms with Gasteiger partial charge in [0.2, 0.25) is 0 Å². The maximum atomic E-state index is 6.03. The lowest BCUT2D eigenvalue weighted by Gasteiger charge is -2.41. The zero-order chi connectivity index (χ0) is 25.7. The van der Waals surface area contributed by atoms with E-state index in [-0.39, 0.29) is 0 Å². The predicted octanol–water partition coefficient (Wildman–Crippen LogP) is -11.0. The van der Waals surface area contributed by atoms with Gasteiger partial charge in [0, 0.05) is 62.5 Å². The minimum absolute atomic E-state index is 0.548. The molecule has 2 aromatic carbocycles. The first-order chi connectivity index (χ1) is 15.8. The summed E-state index contributed by atoms with van der Waals surface area (Å²) in [6, 6.07) is 15.4. The van der Waals surface area contributed by atoms with Crippen LogP contribution in [-0.4, -0.2) is 135 Å². The molecule has 21 heteroatoms. The Morgan fingerprint density at radius 2 is 0.912 bits per heavy atom. The van der Waals surface area contributed by atoms with Crippen LogP contribution in [0.5, 0.6) is 0 Å². The van der Waals surface area contributed by atoms with Gasteiger partial charge in [-0.2, -0.15) is 0 Å². The topological polar surface area (TPSA) is 52.0 Å². The van der Waals surface area contributed by atoms with E-state index in [1.165, 1.54) is 16.6 Å². The molecule has 0 aromatic heterocycles. The molecule has 0 aliphatic rings. The summed E-state index contributed by atoms with van der Waals surface area (Å²) in [4.78, 5) is 0. The van der Waals surface area contributed by atoms with Crippen molar-refractivity contribution in [2.45, 2.75) is 6.42 Å².